The van der Waals surface area contributed by atoms with Gasteiger partial charge in [0.2, 0.25) is 0 Å². The minimum Gasteiger partial charge on any atom is -0.456 e. The third-order valence-electron chi connectivity index (χ3n) is 4.06. The Hall–Kier alpha value is -2.25. The van der Waals surface area contributed by atoms with E-state index in [9.17, 15) is 4.79 Å². The van der Waals surface area contributed by atoms with Crippen molar-refractivity contribution >= 4 is 41.0 Å². The van der Waals surface area contributed by atoms with Gasteiger partial charge in [-0.15, -0.1) is 0 Å². The van der Waals surface area contributed by atoms with E-state index in [1.54, 1.807) is 6.07 Å². The average molecular weight is 361 g/mol. The number of halogens is 1. The smallest absolute Gasteiger partial charge is 0.337 e. The van der Waals surface area contributed by atoms with Gasteiger partial charge in [0.15, 0.2) is 5.16 Å². The molecule has 0 aliphatic carbocycles. The highest BCUT2D eigenvalue weighted by atomic mass is 35.5. The summed E-state index contributed by atoms with van der Waals surface area (Å²) in [6, 6.07) is 7.35. The van der Waals surface area contributed by atoms with Crippen molar-refractivity contribution in [2.75, 3.05) is 23.9 Å². The number of nitrogens with two attached hydrogens (primary N) is 1. The first-order chi connectivity index (χ1) is 11.6. The van der Waals surface area contributed by atoms with Crippen molar-refractivity contribution in [3.63, 3.8) is 0 Å². The van der Waals surface area contributed by atoms with Crippen LogP contribution < -0.4 is 11.1 Å². The number of benzene rings is 1. The molecule has 0 radical (unpaired) electrons. The van der Waals surface area contributed by atoms with Gasteiger partial charge >= 0.3 is 5.97 Å². The lowest BCUT2D eigenvalue weighted by Gasteiger charge is -2.27. The second-order valence-corrected chi connectivity index (χ2v) is 6.65. The van der Waals surface area contributed by atoms with Gasteiger partial charge in [0, 0.05) is 10.6 Å². The van der Waals surface area contributed by atoms with Gasteiger partial charge in [0.05, 0.1) is 17.2 Å². The molecule has 8 heteroatoms. The molecule has 2 aromatic rings. The summed E-state index contributed by atoms with van der Waals surface area (Å²) in [5, 5.41) is 4.33. The standard InChI is InChI=1S/C16H13ClN4O2S/c1-24-16-20-13(18)12-10(7-3-2-4-8(17)5-7)11-9(6-23-15(11)22)19-14(12)21-16/h2-5,10H,6H2,1H3,(H3,18,19,20,21)/t10-/m0/s1. The number of rotatable bonds is 2. The molecule has 2 aliphatic heterocycles. The van der Waals surface area contributed by atoms with Crippen molar-refractivity contribution in [1.29, 1.82) is 0 Å². The van der Waals surface area contributed by atoms with Crippen LogP contribution in [0.2, 0.25) is 5.02 Å². The van der Waals surface area contributed by atoms with Gasteiger partial charge in [0.25, 0.3) is 0 Å². The molecule has 6 nitrogen and oxygen atoms in total. The molecule has 3 N–H and O–H groups in total. The fourth-order valence-electron chi connectivity index (χ4n) is 3.06. The number of nitrogen functional groups attached to an aromatic ring is 1. The molecule has 0 unspecified atom stereocenters. The van der Waals surface area contributed by atoms with Crippen molar-refractivity contribution < 1.29 is 9.53 Å². The first-order valence-electron chi connectivity index (χ1n) is 7.22. The normalized spacial score (nSPS) is 18.8. The van der Waals surface area contributed by atoms with E-state index in [1.165, 1.54) is 11.8 Å². The Morgan fingerprint density at radius 3 is 3.00 bits per heavy atom. The summed E-state index contributed by atoms with van der Waals surface area (Å²) in [7, 11) is 0. The zero-order chi connectivity index (χ0) is 16.8. The molecule has 122 valence electrons. The first-order valence-corrected chi connectivity index (χ1v) is 8.83. The number of nitrogens with zero attached hydrogens (tertiary/aromatic N) is 2. The van der Waals surface area contributed by atoms with Crippen LogP contribution in [-0.2, 0) is 9.53 Å². The fourth-order valence-corrected chi connectivity index (χ4v) is 3.63. The Morgan fingerprint density at radius 2 is 2.25 bits per heavy atom. The number of carbonyl (C=O) groups excluding carboxylic acids is 1. The van der Waals surface area contributed by atoms with E-state index in [0.29, 0.717) is 38.6 Å². The van der Waals surface area contributed by atoms with Crippen LogP contribution in [0.5, 0.6) is 0 Å². The van der Waals surface area contributed by atoms with Gasteiger partial charge < -0.3 is 15.8 Å². The number of anilines is 2. The number of aromatic nitrogens is 2. The second kappa shape index (κ2) is 5.68. The molecule has 0 spiro atoms. The van der Waals surface area contributed by atoms with Gasteiger partial charge in [-0.25, -0.2) is 14.8 Å². The minimum absolute atomic E-state index is 0.198. The number of carbonyl (C=O) groups is 1. The molecule has 1 atom stereocenters. The predicted octanol–water partition coefficient (Wildman–Crippen LogP) is 2.80. The molecule has 1 aromatic carbocycles. The Balaban J connectivity index is 1.97. The van der Waals surface area contributed by atoms with E-state index in [1.807, 2.05) is 24.5 Å². The summed E-state index contributed by atoms with van der Waals surface area (Å²) in [4.78, 5) is 21.1. The molecule has 0 fully saturated rings. The third-order valence-corrected chi connectivity index (χ3v) is 4.84. The number of nitrogens with one attached hydrogen (secondary N) is 1. The van der Waals surface area contributed by atoms with Crippen LogP contribution >= 0.6 is 23.4 Å². The summed E-state index contributed by atoms with van der Waals surface area (Å²) < 4.78 is 5.21. The summed E-state index contributed by atoms with van der Waals surface area (Å²) in [6.07, 6.45) is 1.88. The summed E-state index contributed by atoms with van der Waals surface area (Å²) in [5.41, 5.74) is 8.97. The van der Waals surface area contributed by atoms with Gasteiger partial charge in [-0.1, -0.05) is 35.5 Å². The van der Waals surface area contributed by atoms with Crippen LogP contribution in [0, 0.1) is 0 Å². The first kappa shape index (κ1) is 15.3. The molecule has 24 heavy (non-hydrogen) atoms. The molecular weight excluding hydrogens is 348 g/mol. The molecule has 1 aromatic heterocycles. The quantitative estimate of drug-likeness (QED) is 0.483. The van der Waals surface area contributed by atoms with Crippen LogP contribution in [0.15, 0.2) is 40.7 Å². The van der Waals surface area contributed by atoms with E-state index >= 15 is 0 Å². The Labute approximate surface area is 147 Å². The summed E-state index contributed by atoms with van der Waals surface area (Å²) >= 11 is 7.55. The van der Waals surface area contributed by atoms with Gasteiger partial charge in [-0.2, -0.15) is 0 Å². The lowest BCUT2D eigenvalue weighted by Crippen LogP contribution is -2.23. The Morgan fingerprint density at radius 1 is 1.42 bits per heavy atom. The van der Waals surface area contributed by atoms with Crippen LogP contribution in [0.1, 0.15) is 17.0 Å². The number of esters is 1. The van der Waals surface area contributed by atoms with Crippen molar-refractivity contribution in [3.05, 3.63) is 51.7 Å². The highest BCUT2D eigenvalue weighted by Gasteiger charge is 2.40. The van der Waals surface area contributed by atoms with E-state index in [2.05, 4.69) is 15.3 Å². The van der Waals surface area contributed by atoms with Crippen LogP contribution in [0.4, 0.5) is 11.6 Å². The van der Waals surface area contributed by atoms with Gasteiger partial charge in [-0.05, 0) is 24.0 Å². The SMILES string of the molecule is CSc1nc(N)c2c(n1)NC1=C(C(=O)OC1)[C@@H]2c1cccc(Cl)c1. The molecule has 0 amide bonds. The van der Waals surface area contributed by atoms with Gasteiger partial charge in [0.1, 0.15) is 18.2 Å². The number of hydrogen-bond donors (Lipinski definition) is 2. The molecule has 2 aliphatic rings. The van der Waals surface area contributed by atoms with E-state index < -0.39 is 5.92 Å². The zero-order valence-electron chi connectivity index (χ0n) is 12.7. The lowest BCUT2D eigenvalue weighted by atomic mass is 9.82. The lowest BCUT2D eigenvalue weighted by molar-refractivity contribution is -0.136. The fraction of sp³-hybridized carbons (Fsp3) is 0.188. The highest BCUT2D eigenvalue weighted by molar-refractivity contribution is 7.98. The molecule has 0 saturated heterocycles. The third kappa shape index (κ3) is 2.32. The van der Waals surface area contributed by atoms with Crippen molar-refractivity contribution in [3.8, 4) is 0 Å². The van der Waals surface area contributed by atoms with Crippen molar-refractivity contribution in [2.45, 2.75) is 11.1 Å². The Kier molecular flexibility index (Phi) is 3.62. The largest absolute Gasteiger partial charge is 0.456 e. The predicted molar refractivity (Wildman–Crippen MR) is 93.1 cm³/mol. The second-order valence-electron chi connectivity index (χ2n) is 5.44. The summed E-state index contributed by atoms with van der Waals surface area (Å²) in [5.74, 6) is 0.185. The van der Waals surface area contributed by atoms with Crippen LogP contribution in [0.3, 0.4) is 0 Å². The van der Waals surface area contributed by atoms with E-state index in [0.717, 1.165) is 5.56 Å². The average Bonchev–Trinajstić information content (AvgIpc) is 2.93. The monoisotopic (exact) mass is 360 g/mol. The number of cyclic esters (lactones) is 1. The van der Waals surface area contributed by atoms with Crippen LogP contribution in [0.25, 0.3) is 0 Å². The molecule has 0 bridgehead atoms. The molecular formula is C16H13ClN4O2S. The number of fused-ring (bicyclic) bond motifs is 1. The molecule has 3 heterocycles. The Bertz CT molecular complexity index is 900. The molecule has 4 rings (SSSR count). The van der Waals surface area contributed by atoms with E-state index in [-0.39, 0.29) is 12.6 Å². The maximum Gasteiger partial charge on any atom is 0.337 e. The maximum absolute atomic E-state index is 12.3. The number of ether oxygens (including phenoxy) is 1. The number of hydrogen-bond acceptors (Lipinski definition) is 7. The van der Waals surface area contributed by atoms with E-state index in [4.69, 9.17) is 22.1 Å². The number of thioether (sulfide) groups is 1. The van der Waals surface area contributed by atoms with Crippen molar-refractivity contribution in [1.82, 2.24) is 9.97 Å². The summed E-state index contributed by atoms with van der Waals surface area (Å²) in [6.45, 7) is 0.198. The minimum atomic E-state index is -0.402. The molecule has 0 saturated carbocycles. The van der Waals surface area contributed by atoms with Gasteiger partial charge in [-0.3, -0.25) is 0 Å². The zero-order valence-corrected chi connectivity index (χ0v) is 14.2. The highest BCUT2D eigenvalue weighted by Crippen LogP contribution is 2.46. The van der Waals surface area contributed by atoms with Crippen LogP contribution in [-0.4, -0.2) is 28.8 Å². The topological polar surface area (TPSA) is 90.1 Å². The maximum atomic E-state index is 12.3. The van der Waals surface area contributed by atoms with Crippen molar-refractivity contribution in [2.24, 2.45) is 0 Å².